The Hall–Kier alpha value is -2.04. The maximum absolute atomic E-state index is 12.3. The van der Waals surface area contributed by atoms with Gasteiger partial charge in [-0.05, 0) is 24.6 Å². The van der Waals surface area contributed by atoms with Crippen LogP contribution in [0.5, 0.6) is 5.75 Å². The van der Waals surface area contributed by atoms with E-state index in [2.05, 4.69) is 4.74 Å². The lowest BCUT2D eigenvalue weighted by Gasteiger charge is -2.20. The third kappa shape index (κ3) is 3.73. The summed E-state index contributed by atoms with van der Waals surface area (Å²) in [5.74, 6) is -0.170. The average molecular weight is 279 g/mol. The summed E-state index contributed by atoms with van der Waals surface area (Å²) in [4.78, 5) is 25.2. The Balaban J connectivity index is 2.81. The highest BCUT2D eigenvalue weighted by atomic mass is 16.5. The second kappa shape index (κ2) is 6.93. The van der Waals surface area contributed by atoms with E-state index in [0.717, 1.165) is 5.56 Å². The molecule has 1 unspecified atom stereocenters. The molecule has 1 atom stereocenters. The maximum Gasteiger partial charge on any atom is 0.310 e. The highest BCUT2D eigenvalue weighted by Gasteiger charge is 2.20. The van der Waals surface area contributed by atoms with Gasteiger partial charge in [0, 0.05) is 19.2 Å². The lowest BCUT2D eigenvalue weighted by atomic mass is 10.1. The standard InChI is InChI=1S/C15H21NO4/c1-10-6-7-12(8-13(10)19-4)14(17)16(3)9-11(2)15(18)20-5/h6-8,11H,9H2,1-5H3. The van der Waals surface area contributed by atoms with Crippen LogP contribution >= 0.6 is 0 Å². The van der Waals surface area contributed by atoms with Crippen LogP contribution in [0.1, 0.15) is 22.8 Å². The lowest BCUT2D eigenvalue weighted by Crippen LogP contribution is -2.34. The molecule has 0 spiro atoms. The molecule has 20 heavy (non-hydrogen) atoms. The molecule has 0 heterocycles. The van der Waals surface area contributed by atoms with Crippen molar-refractivity contribution >= 4 is 11.9 Å². The molecule has 5 nitrogen and oxygen atoms in total. The predicted molar refractivity (Wildman–Crippen MR) is 75.9 cm³/mol. The van der Waals surface area contributed by atoms with Crippen molar-refractivity contribution < 1.29 is 19.1 Å². The summed E-state index contributed by atoms with van der Waals surface area (Å²) < 4.78 is 9.86. The highest BCUT2D eigenvalue weighted by Crippen LogP contribution is 2.20. The van der Waals surface area contributed by atoms with Crippen LogP contribution in [0, 0.1) is 12.8 Å². The van der Waals surface area contributed by atoms with Crippen molar-refractivity contribution in [3.63, 3.8) is 0 Å². The Morgan fingerprint density at radius 2 is 1.95 bits per heavy atom. The second-order valence-electron chi connectivity index (χ2n) is 4.79. The highest BCUT2D eigenvalue weighted by molar-refractivity contribution is 5.94. The molecule has 0 aliphatic carbocycles. The third-order valence-electron chi connectivity index (χ3n) is 3.15. The first-order chi connectivity index (χ1) is 9.40. The molecule has 0 aliphatic rings. The van der Waals surface area contributed by atoms with Gasteiger partial charge in [-0.2, -0.15) is 0 Å². The minimum Gasteiger partial charge on any atom is -0.496 e. The molecule has 0 aliphatic heterocycles. The maximum atomic E-state index is 12.3. The van der Waals surface area contributed by atoms with E-state index in [4.69, 9.17) is 4.74 Å². The van der Waals surface area contributed by atoms with Crippen LogP contribution in [0.2, 0.25) is 0 Å². The molecule has 1 rings (SSSR count). The molecule has 0 bridgehead atoms. The van der Waals surface area contributed by atoms with Gasteiger partial charge in [-0.1, -0.05) is 13.0 Å². The van der Waals surface area contributed by atoms with Crippen molar-refractivity contribution in [1.82, 2.24) is 4.90 Å². The number of benzene rings is 1. The first-order valence-electron chi connectivity index (χ1n) is 6.38. The number of aryl methyl sites for hydroxylation is 1. The molecule has 1 amide bonds. The van der Waals surface area contributed by atoms with Crippen molar-refractivity contribution in [2.45, 2.75) is 13.8 Å². The molecule has 0 saturated heterocycles. The van der Waals surface area contributed by atoms with E-state index in [1.807, 2.05) is 13.0 Å². The van der Waals surface area contributed by atoms with E-state index in [1.165, 1.54) is 12.0 Å². The van der Waals surface area contributed by atoms with Gasteiger partial charge in [-0.15, -0.1) is 0 Å². The largest absolute Gasteiger partial charge is 0.496 e. The zero-order chi connectivity index (χ0) is 15.3. The van der Waals surface area contributed by atoms with Crippen LogP contribution in [0.3, 0.4) is 0 Å². The molecule has 0 fully saturated rings. The third-order valence-corrected chi connectivity index (χ3v) is 3.15. The summed E-state index contributed by atoms with van der Waals surface area (Å²) in [6.07, 6.45) is 0. The number of methoxy groups -OCH3 is 2. The van der Waals surface area contributed by atoms with Crippen LogP contribution in [0.25, 0.3) is 0 Å². The van der Waals surface area contributed by atoms with Gasteiger partial charge in [0.25, 0.3) is 5.91 Å². The Morgan fingerprint density at radius 1 is 1.30 bits per heavy atom. The lowest BCUT2D eigenvalue weighted by molar-refractivity contribution is -0.145. The number of ether oxygens (including phenoxy) is 2. The first-order valence-corrected chi connectivity index (χ1v) is 6.38. The fourth-order valence-corrected chi connectivity index (χ4v) is 1.94. The number of amides is 1. The molecule has 1 aromatic rings. The van der Waals surface area contributed by atoms with Crippen molar-refractivity contribution in [3.8, 4) is 5.75 Å². The fourth-order valence-electron chi connectivity index (χ4n) is 1.94. The number of carbonyl (C=O) groups excluding carboxylic acids is 2. The summed E-state index contributed by atoms with van der Waals surface area (Å²) in [7, 11) is 4.57. The molecular weight excluding hydrogens is 258 g/mol. The van der Waals surface area contributed by atoms with Gasteiger partial charge < -0.3 is 14.4 Å². The van der Waals surface area contributed by atoms with E-state index in [9.17, 15) is 9.59 Å². The van der Waals surface area contributed by atoms with Gasteiger partial charge in [0.2, 0.25) is 0 Å². The Labute approximate surface area is 119 Å². The number of carbonyl (C=O) groups is 2. The van der Waals surface area contributed by atoms with E-state index in [-0.39, 0.29) is 17.8 Å². The summed E-state index contributed by atoms with van der Waals surface area (Å²) in [5, 5.41) is 0. The predicted octanol–water partition coefficient (Wildman–Crippen LogP) is 1.88. The normalized spacial score (nSPS) is 11.7. The van der Waals surface area contributed by atoms with Crippen molar-refractivity contribution in [2.24, 2.45) is 5.92 Å². The quantitative estimate of drug-likeness (QED) is 0.772. The van der Waals surface area contributed by atoms with E-state index < -0.39 is 0 Å². The minimum atomic E-state index is -0.360. The van der Waals surface area contributed by atoms with Crippen LogP contribution in [0.4, 0.5) is 0 Å². The number of esters is 1. The SMILES string of the molecule is COC(=O)C(C)CN(C)C(=O)c1ccc(C)c(OC)c1. The molecular formula is C15H21NO4. The monoisotopic (exact) mass is 279 g/mol. The average Bonchev–Trinajstić information content (AvgIpc) is 2.45. The molecule has 0 radical (unpaired) electrons. The Morgan fingerprint density at radius 3 is 2.50 bits per heavy atom. The summed E-state index contributed by atoms with van der Waals surface area (Å²) in [6.45, 7) is 3.95. The Bertz CT molecular complexity index is 499. The molecule has 110 valence electrons. The molecule has 0 N–H and O–H groups in total. The fraction of sp³-hybridized carbons (Fsp3) is 0.467. The van der Waals surface area contributed by atoms with Crippen LogP contribution in [-0.2, 0) is 9.53 Å². The number of nitrogens with zero attached hydrogens (tertiary/aromatic N) is 1. The van der Waals surface area contributed by atoms with Crippen molar-refractivity contribution in [3.05, 3.63) is 29.3 Å². The van der Waals surface area contributed by atoms with Crippen molar-refractivity contribution in [2.75, 3.05) is 27.8 Å². The molecule has 5 heteroatoms. The van der Waals surface area contributed by atoms with Gasteiger partial charge in [-0.25, -0.2) is 0 Å². The van der Waals surface area contributed by atoms with E-state index >= 15 is 0 Å². The van der Waals surface area contributed by atoms with Gasteiger partial charge in [0.05, 0.1) is 20.1 Å². The topological polar surface area (TPSA) is 55.8 Å². The number of rotatable bonds is 5. The summed E-state index contributed by atoms with van der Waals surface area (Å²) >= 11 is 0. The van der Waals surface area contributed by atoms with Gasteiger partial charge in [0.15, 0.2) is 0 Å². The summed E-state index contributed by atoms with van der Waals surface area (Å²) in [5.41, 5.74) is 1.50. The van der Waals surface area contributed by atoms with Gasteiger partial charge in [0.1, 0.15) is 5.75 Å². The van der Waals surface area contributed by atoms with E-state index in [1.54, 1.807) is 33.2 Å². The van der Waals surface area contributed by atoms with Crippen LogP contribution in [0.15, 0.2) is 18.2 Å². The van der Waals surface area contributed by atoms with Gasteiger partial charge in [-0.3, -0.25) is 9.59 Å². The number of hydrogen-bond acceptors (Lipinski definition) is 4. The number of hydrogen-bond donors (Lipinski definition) is 0. The van der Waals surface area contributed by atoms with Crippen LogP contribution < -0.4 is 4.74 Å². The summed E-state index contributed by atoms with van der Waals surface area (Å²) in [6, 6.07) is 5.29. The smallest absolute Gasteiger partial charge is 0.310 e. The Kier molecular flexibility index (Phi) is 5.55. The second-order valence-corrected chi connectivity index (χ2v) is 4.79. The van der Waals surface area contributed by atoms with Crippen LogP contribution in [-0.4, -0.2) is 44.6 Å². The molecule has 0 aromatic heterocycles. The molecule has 1 aromatic carbocycles. The van der Waals surface area contributed by atoms with Crippen molar-refractivity contribution in [1.29, 1.82) is 0 Å². The van der Waals surface area contributed by atoms with E-state index in [0.29, 0.717) is 17.9 Å². The zero-order valence-corrected chi connectivity index (χ0v) is 12.6. The van der Waals surface area contributed by atoms with Gasteiger partial charge >= 0.3 is 5.97 Å². The zero-order valence-electron chi connectivity index (χ0n) is 12.6. The minimum absolute atomic E-state index is 0.154. The molecule has 0 saturated carbocycles. The first kappa shape index (κ1) is 16.0.